The van der Waals surface area contributed by atoms with Crippen LogP contribution in [0.1, 0.15) is 135 Å². The Morgan fingerprint density at radius 3 is 2.68 bits per heavy atom. The molecule has 3 fully saturated rings. The van der Waals surface area contributed by atoms with Gasteiger partial charge in [0, 0.05) is 48.4 Å². The van der Waals surface area contributed by atoms with E-state index < -0.39 is 41.8 Å². The third kappa shape index (κ3) is 9.40. The molecule has 0 bridgehead atoms. The third-order valence-corrected chi connectivity index (χ3v) is 13.7. The average Bonchev–Trinajstić information content (AvgIpc) is 4.14. The molecule has 1 aromatic heterocycles. The van der Waals surface area contributed by atoms with Gasteiger partial charge < -0.3 is 35.1 Å². The van der Waals surface area contributed by atoms with Crippen molar-refractivity contribution < 1.29 is 34.0 Å². The first-order chi connectivity index (χ1) is 27.4. The zero-order chi connectivity index (χ0) is 40.4. The highest BCUT2D eigenvalue weighted by atomic mass is 16.5. The Balaban J connectivity index is 1.22. The Morgan fingerprint density at radius 2 is 1.95 bits per heavy atom. The van der Waals surface area contributed by atoms with Crippen LogP contribution >= 0.6 is 0 Å². The second kappa shape index (κ2) is 17.4. The maximum atomic E-state index is 15.0. The number of methoxy groups -OCH3 is 1. The number of allylic oxidation sites excluding steroid dienone is 1. The monoisotopic (exact) mass is 790 g/mol. The molecule has 57 heavy (non-hydrogen) atoms. The van der Waals surface area contributed by atoms with Crippen LogP contribution in [-0.2, 0) is 16.0 Å². The molecule has 2 aromatic rings. The Bertz CT molecular complexity index is 1780. The van der Waals surface area contributed by atoms with Gasteiger partial charge in [-0.25, -0.2) is 9.78 Å². The van der Waals surface area contributed by atoms with Crippen molar-refractivity contribution >= 4 is 22.9 Å². The normalized spacial score (nSPS) is 31.5. The number of unbranched alkanes of at least 4 members (excludes halogenated alkanes) is 2. The summed E-state index contributed by atoms with van der Waals surface area (Å²) in [7, 11) is 1.66. The van der Waals surface area contributed by atoms with Gasteiger partial charge in [0.15, 0.2) is 0 Å². The summed E-state index contributed by atoms with van der Waals surface area (Å²) >= 11 is 0. The minimum atomic E-state index is -1.19. The van der Waals surface area contributed by atoms with Crippen molar-refractivity contribution in [2.45, 2.75) is 166 Å². The summed E-state index contributed by atoms with van der Waals surface area (Å²) in [5.41, 5.74) is 1.27. The largest absolute Gasteiger partial charge is 0.497 e. The number of fused-ring (bicyclic) bond motifs is 4. The lowest BCUT2D eigenvalue weighted by Crippen LogP contribution is -2.66. The van der Waals surface area contributed by atoms with Crippen LogP contribution in [0.2, 0.25) is 0 Å². The number of ether oxygens (including phenoxy) is 3. The summed E-state index contributed by atoms with van der Waals surface area (Å²) in [6.45, 7) is 9.52. The van der Waals surface area contributed by atoms with Gasteiger partial charge in [-0.15, -0.1) is 0 Å². The van der Waals surface area contributed by atoms with Gasteiger partial charge in [-0.05, 0) is 88.7 Å². The molecule has 12 nitrogen and oxygen atoms in total. The molecule has 7 atom stereocenters. The van der Waals surface area contributed by atoms with E-state index in [-0.39, 0.29) is 23.8 Å². The van der Waals surface area contributed by atoms with Gasteiger partial charge in [0.25, 0.3) is 0 Å². The lowest BCUT2D eigenvalue weighted by molar-refractivity contribution is -0.135. The van der Waals surface area contributed by atoms with Crippen LogP contribution < -0.4 is 25.4 Å². The molecule has 3 aliphatic heterocycles. The maximum Gasteiger partial charge on any atom is 0.407 e. The molecule has 7 rings (SSSR count). The zero-order valence-corrected chi connectivity index (χ0v) is 34.9. The Labute approximate surface area is 338 Å². The molecular weight excluding hydrogens is 723 g/mol. The zero-order valence-electron chi connectivity index (χ0n) is 34.9. The summed E-state index contributed by atoms with van der Waals surface area (Å²) < 4.78 is 18.3. The highest BCUT2D eigenvalue weighted by molar-refractivity contribution is 5.87. The quantitative estimate of drug-likeness (QED) is 0.0956. The van der Waals surface area contributed by atoms with Crippen LogP contribution in [0.15, 0.2) is 30.4 Å². The van der Waals surface area contributed by atoms with Crippen LogP contribution in [0.5, 0.6) is 11.5 Å². The minimum Gasteiger partial charge on any atom is -0.497 e. The van der Waals surface area contributed by atoms with Crippen LogP contribution in [-0.4, -0.2) is 94.6 Å². The van der Waals surface area contributed by atoms with E-state index >= 15 is 0 Å². The fourth-order valence-corrected chi connectivity index (χ4v) is 9.08. The smallest absolute Gasteiger partial charge is 0.407 e. The topological polar surface area (TPSA) is 155 Å². The van der Waals surface area contributed by atoms with E-state index in [2.05, 4.69) is 48.0 Å². The first-order valence-electron chi connectivity index (χ1n) is 21.8. The summed E-state index contributed by atoms with van der Waals surface area (Å²) in [5.74, 6) is 1.38. The number of aliphatic hydroxyl groups excluding tert-OH is 2. The van der Waals surface area contributed by atoms with Crippen molar-refractivity contribution in [3.8, 4) is 11.5 Å². The van der Waals surface area contributed by atoms with Crippen LogP contribution in [0.4, 0.5) is 4.79 Å². The number of rotatable bonds is 11. The van der Waals surface area contributed by atoms with Gasteiger partial charge in [-0.2, -0.15) is 0 Å². The molecule has 2 amide bonds. The highest BCUT2D eigenvalue weighted by Gasteiger charge is 2.55. The minimum absolute atomic E-state index is 0.151. The molecule has 1 unspecified atom stereocenters. The fourth-order valence-electron chi connectivity index (χ4n) is 9.08. The number of nitrogens with one attached hydrogen (secondary N) is 3. The number of aryl methyl sites for hydroxylation is 1. The summed E-state index contributed by atoms with van der Waals surface area (Å²) in [5, 5.41) is 35.0. The van der Waals surface area contributed by atoms with E-state index in [1.165, 1.54) is 0 Å². The van der Waals surface area contributed by atoms with Gasteiger partial charge in [0.1, 0.15) is 29.6 Å². The van der Waals surface area contributed by atoms with Gasteiger partial charge in [-0.3, -0.25) is 15.0 Å². The number of pyridine rings is 1. The lowest BCUT2D eigenvalue weighted by atomic mass is 9.83. The maximum absolute atomic E-state index is 15.0. The van der Waals surface area contributed by atoms with Crippen molar-refractivity contribution in [3.63, 3.8) is 0 Å². The summed E-state index contributed by atoms with van der Waals surface area (Å²) in [6.07, 6.45) is 14.3. The number of nitrogens with zero attached hydrogens (tertiary/aromatic N) is 2. The van der Waals surface area contributed by atoms with Gasteiger partial charge in [0.2, 0.25) is 5.91 Å². The molecule has 2 saturated carbocycles. The van der Waals surface area contributed by atoms with Crippen molar-refractivity contribution in [2.24, 2.45) is 11.3 Å². The Hall–Kier alpha value is -3.45. The summed E-state index contributed by atoms with van der Waals surface area (Å²) in [4.78, 5) is 35.1. The number of carbonyl (C=O) groups is 2. The van der Waals surface area contributed by atoms with Gasteiger partial charge >= 0.3 is 6.09 Å². The van der Waals surface area contributed by atoms with Crippen molar-refractivity contribution in [3.05, 3.63) is 41.6 Å². The number of aromatic nitrogens is 1. The molecule has 4 heterocycles. The molecular formula is C45H67N5O7. The molecule has 1 saturated heterocycles. The van der Waals surface area contributed by atoms with Crippen LogP contribution in [0.3, 0.4) is 0 Å². The van der Waals surface area contributed by atoms with E-state index in [1.54, 1.807) is 7.11 Å². The molecule has 1 spiro atoms. The molecule has 1 aromatic carbocycles. The number of benzene rings is 1. The molecule has 0 radical (unpaired) electrons. The molecule has 314 valence electrons. The molecule has 12 heteroatoms. The second-order valence-corrected chi connectivity index (χ2v) is 18.4. The van der Waals surface area contributed by atoms with E-state index in [0.717, 1.165) is 111 Å². The van der Waals surface area contributed by atoms with Crippen molar-refractivity contribution in [1.82, 2.24) is 25.8 Å². The predicted molar refractivity (Wildman–Crippen MR) is 220 cm³/mol. The SMILES string of the molecule is CCCCCOC(=O)N[C@H]1CCCCC/C=C\[C@@H](C)[C@](C)([C@@H](O)NCC2(C)CC2)NC(=O)[C@@H]2CC3(CCc4c(c(C5CC5)nc5cc(OC)ccc45)O3)CN2[C@H]1O. The summed E-state index contributed by atoms with van der Waals surface area (Å²) in [6, 6.07) is 4.53. The van der Waals surface area contributed by atoms with Crippen molar-refractivity contribution in [1.29, 1.82) is 0 Å². The second-order valence-electron chi connectivity index (χ2n) is 18.4. The standard InChI is InChI=1S/C45H67N5O7/c1-6-7-13-24-56-42(54)48-34-15-12-10-8-9-11-14-29(2)44(4,41(53)46-27-43(3)22-23-43)49-39(51)36-26-45(28-50(36)40(34)52)21-20-33-32-19-18-31(55-5)25-35(32)47-37(30-16-17-30)38(33)57-45/h11,14,18-19,25,29-30,34,36,40-41,46,52-53H,6-10,12-13,15-17,20-24,26-28H2,1-5H3,(H,48,54)(H,49,51)/b14-11-/t29-,34+,36+,40+,41-,44-,45?/m1/s1. The average molecular weight is 790 g/mol. The number of hydrogen-bond donors (Lipinski definition) is 5. The van der Waals surface area contributed by atoms with Gasteiger partial charge in [-0.1, -0.05) is 58.6 Å². The van der Waals surface area contributed by atoms with E-state index in [4.69, 9.17) is 19.2 Å². The number of amides is 2. The molecule has 5 N–H and O–H groups in total. The number of aliphatic hydroxyl groups is 2. The fraction of sp³-hybridized carbons (Fsp3) is 0.711. The first kappa shape index (κ1) is 41.7. The molecule has 2 aliphatic carbocycles. The van der Waals surface area contributed by atoms with Crippen LogP contribution in [0.25, 0.3) is 10.9 Å². The van der Waals surface area contributed by atoms with E-state index in [1.807, 2.05) is 30.9 Å². The van der Waals surface area contributed by atoms with E-state index in [0.29, 0.717) is 38.3 Å². The van der Waals surface area contributed by atoms with E-state index in [9.17, 15) is 19.8 Å². The molecule has 5 aliphatic rings. The lowest BCUT2D eigenvalue weighted by Gasteiger charge is -2.42. The highest BCUT2D eigenvalue weighted by Crippen LogP contribution is 2.51. The van der Waals surface area contributed by atoms with Gasteiger partial charge in [0.05, 0.1) is 42.5 Å². The Kier molecular flexibility index (Phi) is 12.7. The number of hydrogen-bond acceptors (Lipinski definition) is 10. The van der Waals surface area contributed by atoms with Crippen LogP contribution in [0, 0.1) is 11.3 Å². The number of alkyl carbamates (subject to hydrolysis) is 1. The Morgan fingerprint density at radius 1 is 1.14 bits per heavy atom. The number of carbonyl (C=O) groups excluding carboxylic acids is 2. The van der Waals surface area contributed by atoms with Crippen molar-refractivity contribution in [2.75, 3.05) is 26.8 Å². The third-order valence-electron chi connectivity index (χ3n) is 13.7. The predicted octanol–water partition coefficient (Wildman–Crippen LogP) is 6.60. The first-order valence-corrected chi connectivity index (χ1v) is 21.8.